The molecule has 0 unspecified atom stereocenters. The fourth-order valence-corrected chi connectivity index (χ4v) is 6.15. The number of carboxylic acids is 1. The van der Waals surface area contributed by atoms with Gasteiger partial charge in [0.25, 0.3) is 5.91 Å². The Balaban J connectivity index is 1.20. The first-order valence-electron chi connectivity index (χ1n) is 11.9. The van der Waals surface area contributed by atoms with Gasteiger partial charge >= 0.3 is 5.97 Å². The predicted octanol–water partition coefficient (Wildman–Crippen LogP) is 4.39. The smallest absolute Gasteiger partial charge is 0.347 e. The Labute approximate surface area is 227 Å². The van der Waals surface area contributed by atoms with Gasteiger partial charge in [-0.2, -0.15) is 0 Å². The fraction of sp³-hybridized carbons (Fsp3) is 0.360. The van der Waals surface area contributed by atoms with E-state index in [1.54, 1.807) is 6.92 Å². The number of anilines is 2. The lowest BCUT2D eigenvalue weighted by atomic mass is 10.1. The van der Waals surface area contributed by atoms with Crippen LogP contribution in [0.1, 0.15) is 44.0 Å². The van der Waals surface area contributed by atoms with Crippen LogP contribution in [0.4, 0.5) is 10.8 Å². The molecule has 1 saturated heterocycles. The highest BCUT2D eigenvalue weighted by Crippen LogP contribution is 2.48. The Hall–Kier alpha value is -3.08. The molecule has 0 bridgehead atoms. The van der Waals surface area contributed by atoms with Crippen molar-refractivity contribution in [3.8, 4) is 0 Å². The molecule has 2 fully saturated rings. The zero-order chi connectivity index (χ0) is 26.4. The average Bonchev–Trinajstić information content (AvgIpc) is 3.22. The molecule has 3 atom stereocenters. The van der Waals surface area contributed by atoms with E-state index in [1.165, 1.54) is 0 Å². The Morgan fingerprint density at radius 3 is 2.41 bits per heavy atom. The number of H-pyrrole nitrogens is 1. The minimum Gasteiger partial charge on any atom is -0.477 e. The summed E-state index contributed by atoms with van der Waals surface area (Å²) in [6.45, 7) is 5.07. The number of amides is 2. The summed E-state index contributed by atoms with van der Waals surface area (Å²) in [6, 6.07) is 7.54. The first kappa shape index (κ1) is 25.6. The SMILES string of the molecule is CCc1ccc(NC(=O)Cc2nc(N3C[C@@H]4[C@H](C3)[C@@H]4NC(=O)c3[nH]c(C)c(Cl)c3Cl)sc2C(=O)O)cc1. The zero-order valence-electron chi connectivity index (χ0n) is 20.1. The number of aryl methyl sites for hydroxylation is 2. The van der Waals surface area contributed by atoms with Gasteiger partial charge in [0.2, 0.25) is 5.91 Å². The third-order valence-corrected chi connectivity index (χ3v) is 8.99. The molecule has 2 aromatic heterocycles. The molecule has 1 aliphatic heterocycles. The van der Waals surface area contributed by atoms with Gasteiger partial charge in [0.05, 0.1) is 22.2 Å². The number of hydrogen-bond acceptors (Lipinski definition) is 6. The molecule has 0 radical (unpaired) electrons. The van der Waals surface area contributed by atoms with Crippen molar-refractivity contribution in [2.24, 2.45) is 11.8 Å². The van der Waals surface area contributed by atoms with Gasteiger partial charge < -0.3 is 25.6 Å². The molecule has 2 aliphatic rings. The number of rotatable bonds is 8. The van der Waals surface area contributed by atoms with Crippen molar-refractivity contribution < 1.29 is 19.5 Å². The monoisotopic (exact) mass is 561 g/mol. The summed E-state index contributed by atoms with van der Waals surface area (Å²) in [5.41, 5.74) is 2.94. The number of aromatic nitrogens is 2. The van der Waals surface area contributed by atoms with E-state index in [2.05, 4.69) is 27.5 Å². The number of nitrogens with zero attached hydrogens (tertiary/aromatic N) is 2. The number of carbonyl (C=O) groups is 3. The van der Waals surface area contributed by atoms with Gasteiger partial charge in [-0.1, -0.05) is 53.6 Å². The summed E-state index contributed by atoms with van der Waals surface area (Å²) in [5, 5.41) is 16.6. The molecule has 2 amide bonds. The lowest BCUT2D eigenvalue weighted by Gasteiger charge is -2.19. The molecule has 9 nitrogen and oxygen atoms in total. The van der Waals surface area contributed by atoms with E-state index in [9.17, 15) is 19.5 Å². The van der Waals surface area contributed by atoms with Crippen LogP contribution >= 0.6 is 34.5 Å². The van der Waals surface area contributed by atoms with Gasteiger partial charge in [0, 0.05) is 42.3 Å². The lowest BCUT2D eigenvalue weighted by Crippen LogP contribution is -2.34. The average molecular weight is 562 g/mol. The summed E-state index contributed by atoms with van der Waals surface area (Å²) < 4.78 is 0. The minimum absolute atomic E-state index is 0.00505. The number of aromatic amines is 1. The molecule has 4 N–H and O–H groups in total. The Morgan fingerprint density at radius 2 is 1.84 bits per heavy atom. The van der Waals surface area contributed by atoms with Crippen LogP contribution in [0.3, 0.4) is 0 Å². The largest absolute Gasteiger partial charge is 0.477 e. The number of aromatic carboxylic acids is 1. The fourth-order valence-electron chi connectivity index (χ4n) is 4.79. The number of nitrogens with one attached hydrogen (secondary N) is 3. The van der Waals surface area contributed by atoms with Crippen LogP contribution in [0.15, 0.2) is 24.3 Å². The predicted molar refractivity (Wildman–Crippen MR) is 143 cm³/mol. The second-order valence-corrected chi connectivity index (χ2v) is 11.1. The number of thiazole rings is 1. The number of halogens is 2. The van der Waals surface area contributed by atoms with Gasteiger partial charge in [0.1, 0.15) is 10.6 Å². The van der Waals surface area contributed by atoms with E-state index >= 15 is 0 Å². The molecule has 194 valence electrons. The quantitative estimate of drug-likeness (QED) is 0.323. The maximum atomic E-state index is 12.6. The molecule has 0 spiro atoms. The van der Waals surface area contributed by atoms with Gasteiger partial charge in [-0.05, 0) is 31.0 Å². The third-order valence-electron chi connectivity index (χ3n) is 6.90. The van der Waals surface area contributed by atoms with Gasteiger partial charge in [-0.15, -0.1) is 0 Å². The second-order valence-electron chi connectivity index (χ2n) is 9.34. The van der Waals surface area contributed by atoms with E-state index in [4.69, 9.17) is 23.2 Å². The number of hydrogen-bond donors (Lipinski definition) is 4. The van der Waals surface area contributed by atoms with E-state index in [1.807, 2.05) is 29.2 Å². The summed E-state index contributed by atoms with van der Waals surface area (Å²) in [5.74, 6) is -1.28. The van der Waals surface area contributed by atoms with Crippen LogP contribution in [0.25, 0.3) is 0 Å². The molecule has 3 heterocycles. The van der Waals surface area contributed by atoms with Crippen LogP contribution in [-0.2, 0) is 17.6 Å². The van der Waals surface area contributed by atoms with Crippen molar-refractivity contribution in [1.29, 1.82) is 0 Å². The maximum absolute atomic E-state index is 12.6. The van der Waals surface area contributed by atoms with Crippen LogP contribution in [0, 0.1) is 18.8 Å². The standard InChI is InChI=1S/C25H25Cl2N5O4S/c1-3-12-4-6-13(7-5-12)29-17(33)8-16-22(24(35)36)37-25(30-16)32-9-14-15(10-32)20(14)31-23(34)21-19(27)18(26)11(2)28-21/h4-7,14-15,20,28H,3,8-10H2,1-2H3,(H,29,33)(H,31,34)(H,35,36)/t14-,15+,20-. The summed E-state index contributed by atoms with van der Waals surface area (Å²) in [6.07, 6.45) is 0.769. The van der Waals surface area contributed by atoms with E-state index < -0.39 is 5.97 Å². The van der Waals surface area contributed by atoms with Crippen molar-refractivity contribution in [3.63, 3.8) is 0 Å². The second kappa shape index (κ2) is 10.00. The number of benzene rings is 1. The molecular formula is C25H25Cl2N5O4S. The van der Waals surface area contributed by atoms with Crippen molar-refractivity contribution in [1.82, 2.24) is 15.3 Å². The highest BCUT2D eigenvalue weighted by Gasteiger charge is 2.57. The van der Waals surface area contributed by atoms with Crippen LogP contribution < -0.4 is 15.5 Å². The lowest BCUT2D eigenvalue weighted by molar-refractivity contribution is -0.115. The highest BCUT2D eigenvalue weighted by atomic mass is 35.5. The Kier molecular flexibility index (Phi) is 6.91. The number of carboxylic acid groups (broad SMARTS) is 1. The first-order chi connectivity index (χ1) is 17.7. The minimum atomic E-state index is -1.11. The summed E-state index contributed by atoms with van der Waals surface area (Å²) in [7, 11) is 0. The summed E-state index contributed by atoms with van der Waals surface area (Å²) >= 11 is 13.3. The molecule has 3 aromatic rings. The van der Waals surface area contributed by atoms with Crippen molar-refractivity contribution in [2.45, 2.75) is 32.7 Å². The number of carbonyl (C=O) groups excluding carboxylic acids is 2. The normalized spacial score (nSPS) is 20.0. The molecule has 5 rings (SSSR count). The van der Waals surface area contributed by atoms with Crippen LogP contribution in [0.5, 0.6) is 0 Å². The molecular weight excluding hydrogens is 537 g/mol. The van der Waals surface area contributed by atoms with E-state index in [-0.39, 0.29) is 57.4 Å². The number of piperidine rings is 1. The third kappa shape index (κ3) is 5.05. The molecule has 37 heavy (non-hydrogen) atoms. The van der Waals surface area contributed by atoms with Crippen LogP contribution in [0.2, 0.25) is 10.0 Å². The van der Waals surface area contributed by atoms with Gasteiger partial charge in [0.15, 0.2) is 5.13 Å². The summed E-state index contributed by atoms with van der Waals surface area (Å²) in [4.78, 5) is 46.6. The highest BCUT2D eigenvalue weighted by molar-refractivity contribution is 7.17. The van der Waals surface area contributed by atoms with Crippen molar-refractivity contribution >= 4 is 63.1 Å². The van der Waals surface area contributed by atoms with Crippen molar-refractivity contribution in [2.75, 3.05) is 23.3 Å². The molecule has 1 saturated carbocycles. The first-order valence-corrected chi connectivity index (χ1v) is 13.4. The van der Waals surface area contributed by atoms with E-state index in [0.29, 0.717) is 34.6 Å². The maximum Gasteiger partial charge on any atom is 0.347 e. The van der Waals surface area contributed by atoms with Gasteiger partial charge in [-0.3, -0.25) is 9.59 Å². The Bertz CT molecular complexity index is 1370. The molecule has 1 aromatic carbocycles. The van der Waals surface area contributed by atoms with Crippen LogP contribution in [-0.4, -0.2) is 52.0 Å². The van der Waals surface area contributed by atoms with Crippen molar-refractivity contribution in [3.05, 3.63) is 61.8 Å². The van der Waals surface area contributed by atoms with Gasteiger partial charge in [-0.25, -0.2) is 9.78 Å². The number of fused-ring (bicyclic) bond motifs is 1. The topological polar surface area (TPSA) is 127 Å². The molecule has 12 heteroatoms. The molecule has 1 aliphatic carbocycles. The zero-order valence-corrected chi connectivity index (χ0v) is 22.4. The Morgan fingerprint density at radius 1 is 1.16 bits per heavy atom. The van der Waals surface area contributed by atoms with E-state index in [0.717, 1.165) is 23.3 Å².